The first kappa shape index (κ1) is 17.0. The molecule has 0 aliphatic carbocycles. The summed E-state index contributed by atoms with van der Waals surface area (Å²) < 4.78 is 1.85. The Labute approximate surface area is 138 Å². The second-order valence-corrected chi connectivity index (χ2v) is 5.98. The zero-order valence-electron chi connectivity index (χ0n) is 14.3. The number of rotatable bonds is 6. The number of carbonyl (C=O) groups is 1. The van der Waals surface area contributed by atoms with E-state index in [1.165, 1.54) is 5.56 Å². The van der Waals surface area contributed by atoms with Gasteiger partial charge in [-0.1, -0.05) is 38.1 Å². The van der Waals surface area contributed by atoms with Gasteiger partial charge >= 0.3 is 0 Å². The molecule has 0 radical (unpaired) electrons. The summed E-state index contributed by atoms with van der Waals surface area (Å²) in [6, 6.07) is 10.1. The molecular weight excluding hydrogens is 286 g/mol. The van der Waals surface area contributed by atoms with Crippen LogP contribution in [0, 0.1) is 0 Å². The molecule has 1 aromatic heterocycles. The first-order valence-corrected chi connectivity index (χ1v) is 8.11. The topological polar surface area (TPSA) is 46.9 Å². The largest absolute Gasteiger partial charge is 0.344 e. The Morgan fingerprint density at radius 1 is 1.22 bits per heavy atom. The molecule has 23 heavy (non-hydrogen) atoms. The lowest BCUT2D eigenvalue weighted by Gasteiger charge is -2.09. The van der Waals surface area contributed by atoms with E-state index in [0.29, 0.717) is 5.92 Å². The SMILES string of the molecule is CCn1ccc(C(C)NC(=O)/C=C/c2ccc(C(C)C)cc2)n1. The van der Waals surface area contributed by atoms with Crippen LogP contribution in [0.2, 0.25) is 0 Å². The Hall–Kier alpha value is -2.36. The van der Waals surface area contributed by atoms with Crippen molar-refractivity contribution in [3.8, 4) is 0 Å². The Bertz CT molecular complexity index is 668. The van der Waals surface area contributed by atoms with E-state index >= 15 is 0 Å². The van der Waals surface area contributed by atoms with Crippen LogP contribution in [0.4, 0.5) is 0 Å². The first-order chi connectivity index (χ1) is 11.0. The van der Waals surface area contributed by atoms with Gasteiger partial charge in [-0.2, -0.15) is 5.10 Å². The van der Waals surface area contributed by atoms with Gasteiger partial charge in [0.2, 0.25) is 5.91 Å². The van der Waals surface area contributed by atoms with Crippen LogP contribution in [0.5, 0.6) is 0 Å². The molecule has 4 nitrogen and oxygen atoms in total. The molecule has 0 saturated carbocycles. The molecule has 122 valence electrons. The van der Waals surface area contributed by atoms with Crippen molar-refractivity contribution in [2.45, 2.75) is 46.2 Å². The molecule has 0 saturated heterocycles. The van der Waals surface area contributed by atoms with Crippen LogP contribution < -0.4 is 5.32 Å². The van der Waals surface area contributed by atoms with Crippen LogP contribution in [-0.2, 0) is 11.3 Å². The number of aromatic nitrogens is 2. The standard InChI is InChI=1S/C19H25N3O/c1-5-22-13-12-18(21-22)15(4)20-19(23)11-8-16-6-9-17(10-7-16)14(2)3/h6-15H,5H2,1-4H3,(H,20,23)/b11-8+. The van der Waals surface area contributed by atoms with Crippen molar-refractivity contribution in [2.75, 3.05) is 0 Å². The lowest BCUT2D eigenvalue weighted by Crippen LogP contribution is -2.25. The average molecular weight is 311 g/mol. The van der Waals surface area contributed by atoms with Gasteiger partial charge in [0.1, 0.15) is 0 Å². The minimum atomic E-state index is -0.114. The molecule has 1 N–H and O–H groups in total. The molecule has 1 atom stereocenters. The maximum Gasteiger partial charge on any atom is 0.244 e. The molecule has 0 aliphatic rings. The lowest BCUT2D eigenvalue weighted by atomic mass is 10.0. The Balaban J connectivity index is 1.93. The molecule has 0 bridgehead atoms. The van der Waals surface area contributed by atoms with Crippen LogP contribution >= 0.6 is 0 Å². The highest BCUT2D eigenvalue weighted by Crippen LogP contribution is 2.15. The number of benzene rings is 1. The second kappa shape index (κ2) is 7.77. The first-order valence-electron chi connectivity index (χ1n) is 8.11. The van der Waals surface area contributed by atoms with Crippen molar-refractivity contribution in [1.82, 2.24) is 15.1 Å². The smallest absolute Gasteiger partial charge is 0.244 e. The van der Waals surface area contributed by atoms with E-state index in [1.807, 2.05) is 49.0 Å². The average Bonchev–Trinajstić information content (AvgIpc) is 3.02. The number of carbonyl (C=O) groups excluding carboxylic acids is 1. The third kappa shape index (κ3) is 4.81. The predicted octanol–water partition coefficient (Wildman–Crippen LogP) is 3.92. The Morgan fingerprint density at radius 3 is 2.48 bits per heavy atom. The van der Waals surface area contributed by atoms with E-state index in [-0.39, 0.29) is 11.9 Å². The van der Waals surface area contributed by atoms with Crippen LogP contribution in [0.15, 0.2) is 42.6 Å². The van der Waals surface area contributed by atoms with E-state index in [0.717, 1.165) is 17.8 Å². The van der Waals surface area contributed by atoms with Crippen LogP contribution in [-0.4, -0.2) is 15.7 Å². The van der Waals surface area contributed by atoms with Crippen molar-refractivity contribution in [1.29, 1.82) is 0 Å². The normalized spacial score (nSPS) is 12.7. The van der Waals surface area contributed by atoms with Crippen LogP contribution in [0.25, 0.3) is 6.08 Å². The highest BCUT2D eigenvalue weighted by Gasteiger charge is 2.10. The zero-order chi connectivity index (χ0) is 16.8. The molecule has 1 heterocycles. The third-order valence-corrected chi connectivity index (χ3v) is 3.82. The number of amides is 1. The summed E-state index contributed by atoms with van der Waals surface area (Å²) in [6.45, 7) is 9.13. The minimum Gasteiger partial charge on any atom is -0.344 e. The van der Waals surface area contributed by atoms with Crippen molar-refractivity contribution in [2.24, 2.45) is 0 Å². The molecule has 0 fully saturated rings. The number of hydrogen-bond donors (Lipinski definition) is 1. The monoisotopic (exact) mass is 311 g/mol. The lowest BCUT2D eigenvalue weighted by molar-refractivity contribution is -0.117. The number of nitrogens with zero attached hydrogens (tertiary/aromatic N) is 2. The molecule has 0 aliphatic heterocycles. The summed E-state index contributed by atoms with van der Waals surface area (Å²) in [5.41, 5.74) is 3.19. The second-order valence-electron chi connectivity index (χ2n) is 5.98. The Kier molecular flexibility index (Phi) is 5.74. The molecule has 4 heteroatoms. The highest BCUT2D eigenvalue weighted by atomic mass is 16.1. The number of hydrogen-bond acceptors (Lipinski definition) is 2. The van der Waals surface area contributed by atoms with E-state index in [4.69, 9.17) is 0 Å². The number of aryl methyl sites for hydroxylation is 1. The van der Waals surface area contributed by atoms with Gasteiger partial charge in [-0.15, -0.1) is 0 Å². The van der Waals surface area contributed by atoms with Crippen molar-refractivity contribution < 1.29 is 4.79 Å². The van der Waals surface area contributed by atoms with Crippen molar-refractivity contribution in [3.05, 3.63) is 59.4 Å². The highest BCUT2D eigenvalue weighted by molar-refractivity contribution is 5.91. The fourth-order valence-corrected chi connectivity index (χ4v) is 2.28. The van der Waals surface area contributed by atoms with Gasteiger partial charge in [-0.05, 0) is 43.0 Å². The molecule has 1 amide bonds. The maximum absolute atomic E-state index is 12.0. The van der Waals surface area contributed by atoms with Crippen molar-refractivity contribution >= 4 is 12.0 Å². The summed E-state index contributed by atoms with van der Waals surface area (Å²) in [5.74, 6) is 0.400. The Morgan fingerprint density at radius 2 is 1.91 bits per heavy atom. The molecule has 1 unspecified atom stereocenters. The molecular formula is C19H25N3O. The molecule has 2 aromatic rings. The van der Waals surface area contributed by atoms with Gasteiger partial charge in [-0.25, -0.2) is 0 Å². The van der Waals surface area contributed by atoms with E-state index in [1.54, 1.807) is 6.08 Å². The summed E-state index contributed by atoms with van der Waals surface area (Å²) in [4.78, 5) is 12.0. The molecule has 1 aromatic carbocycles. The fraction of sp³-hybridized carbons (Fsp3) is 0.368. The van der Waals surface area contributed by atoms with E-state index in [9.17, 15) is 4.79 Å². The predicted molar refractivity (Wildman–Crippen MR) is 94.0 cm³/mol. The summed E-state index contributed by atoms with van der Waals surface area (Å²) in [7, 11) is 0. The van der Waals surface area contributed by atoms with Crippen molar-refractivity contribution in [3.63, 3.8) is 0 Å². The fourth-order valence-electron chi connectivity index (χ4n) is 2.28. The van der Waals surface area contributed by atoms with Gasteiger partial charge in [0.15, 0.2) is 0 Å². The van der Waals surface area contributed by atoms with Crippen LogP contribution in [0.3, 0.4) is 0 Å². The van der Waals surface area contributed by atoms with Gasteiger partial charge in [0, 0.05) is 18.8 Å². The van der Waals surface area contributed by atoms with Crippen LogP contribution in [0.1, 0.15) is 56.5 Å². The van der Waals surface area contributed by atoms with E-state index in [2.05, 4.69) is 36.4 Å². The maximum atomic E-state index is 12.0. The quantitative estimate of drug-likeness (QED) is 0.822. The summed E-state index contributed by atoms with van der Waals surface area (Å²) in [5, 5.41) is 7.34. The molecule has 2 rings (SSSR count). The number of nitrogens with one attached hydrogen (secondary N) is 1. The summed E-state index contributed by atoms with van der Waals surface area (Å²) in [6.07, 6.45) is 5.32. The molecule has 0 spiro atoms. The minimum absolute atomic E-state index is 0.108. The zero-order valence-corrected chi connectivity index (χ0v) is 14.3. The summed E-state index contributed by atoms with van der Waals surface area (Å²) >= 11 is 0. The van der Waals surface area contributed by atoms with Gasteiger partial charge in [0.05, 0.1) is 11.7 Å². The van der Waals surface area contributed by atoms with E-state index < -0.39 is 0 Å². The van der Waals surface area contributed by atoms with Gasteiger partial charge in [-0.3, -0.25) is 9.48 Å². The van der Waals surface area contributed by atoms with Gasteiger partial charge in [0.25, 0.3) is 0 Å². The van der Waals surface area contributed by atoms with Gasteiger partial charge < -0.3 is 5.32 Å². The third-order valence-electron chi connectivity index (χ3n) is 3.82.